The van der Waals surface area contributed by atoms with E-state index >= 15 is 0 Å². The van der Waals surface area contributed by atoms with Crippen LogP contribution in [0.15, 0.2) is 53.4 Å². The van der Waals surface area contributed by atoms with E-state index in [0.29, 0.717) is 24.5 Å². The number of hydrogen-bond acceptors (Lipinski definition) is 4. The smallest absolute Gasteiger partial charge is 0.262 e. The van der Waals surface area contributed by atoms with E-state index in [1.54, 1.807) is 30.3 Å². The molecule has 0 spiro atoms. The van der Waals surface area contributed by atoms with E-state index in [0.717, 1.165) is 18.4 Å². The van der Waals surface area contributed by atoms with Crippen LogP contribution in [0, 0.1) is 6.92 Å². The summed E-state index contributed by atoms with van der Waals surface area (Å²) in [6.45, 7) is 2.92. The second-order valence-electron chi connectivity index (χ2n) is 6.29. The topological polar surface area (TPSA) is 75.7 Å². The van der Waals surface area contributed by atoms with Crippen molar-refractivity contribution in [3.63, 3.8) is 0 Å². The van der Waals surface area contributed by atoms with Crippen LogP contribution in [-0.4, -0.2) is 38.3 Å². The molecule has 0 radical (unpaired) electrons. The van der Waals surface area contributed by atoms with Crippen LogP contribution in [0.5, 0.6) is 5.75 Å². The number of carbonyl (C=O) groups excluding carboxylic acids is 1. The Bertz CT molecular complexity index is 873. The molecule has 1 aliphatic rings. The molecule has 2 aromatic rings. The Morgan fingerprint density at radius 1 is 1.12 bits per heavy atom. The molecular weight excluding hydrogens is 352 g/mol. The molecule has 138 valence electrons. The second-order valence-corrected chi connectivity index (χ2v) is 8.23. The van der Waals surface area contributed by atoms with E-state index in [2.05, 4.69) is 5.32 Å². The normalized spacial score (nSPS) is 15.0. The van der Waals surface area contributed by atoms with Crippen LogP contribution >= 0.6 is 0 Å². The first-order chi connectivity index (χ1) is 12.4. The molecule has 26 heavy (non-hydrogen) atoms. The average molecular weight is 374 g/mol. The van der Waals surface area contributed by atoms with Gasteiger partial charge in [0.05, 0.1) is 4.90 Å². The highest BCUT2D eigenvalue weighted by Crippen LogP contribution is 2.23. The van der Waals surface area contributed by atoms with Crippen molar-refractivity contribution >= 4 is 21.6 Å². The van der Waals surface area contributed by atoms with Gasteiger partial charge in [0.2, 0.25) is 10.0 Å². The predicted octanol–water partition coefficient (Wildman–Crippen LogP) is 2.80. The van der Waals surface area contributed by atoms with Gasteiger partial charge in [0.15, 0.2) is 6.61 Å². The van der Waals surface area contributed by atoms with Crippen LogP contribution in [0.25, 0.3) is 0 Å². The Balaban J connectivity index is 1.62. The molecule has 1 N–H and O–H groups in total. The Hall–Kier alpha value is -2.38. The van der Waals surface area contributed by atoms with Crippen LogP contribution < -0.4 is 10.1 Å². The van der Waals surface area contributed by atoms with Gasteiger partial charge in [0, 0.05) is 18.8 Å². The molecule has 1 fully saturated rings. The van der Waals surface area contributed by atoms with Gasteiger partial charge < -0.3 is 10.1 Å². The largest absolute Gasteiger partial charge is 0.484 e. The van der Waals surface area contributed by atoms with Crippen molar-refractivity contribution in [3.05, 3.63) is 54.1 Å². The molecule has 1 heterocycles. The SMILES string of the molecule is Cc1ccc(OCC(=O)Nc2cccc(S(=O)(=O)N3CCCC3)c2)cc1. The third-order valence-electron chi connectivity index (χ3n) is 4.21. The number of nitrogens with zero attached hydrogens (tertiary/aromatic N) is 1. The fraction of sp³-hybridized carbons (Fsp3) is 0.316. The highest BCUT2D eigenvalue weighted by molar-refractivity contribution is 7.89. The van der Waals surface area contributed by atoms with Gasteiger partial charge in [-0.3, -0.25) is 4.79 Å². The third kappa shape index (κ3) is 4.42. The van der Waals surface area contributed by atoms with Crippen molar-refractivity contribution in [1.82, 2.24) is 4.31 Å². The minimum atomic E-state index is -3.51. The van der Waals surface area contributed by atoms with Crippen molar-refractivity contribution in [2.45, 2.75) is 24.7 Å². The fourth-order valence-corrected chi connectivity index (χ4v) is 4.36. The summed E-state index contributed by atoms with van der Waals surface area (Å²) >= 11 is 0. The van der Waals surface area contributed by atoms with Gasteiger partial charge >= 0.3 is 0 Å². The second kappa shape index (κ2) is 7.88. The zero-order valence-electron chi connectivity index (χ0n) is 14.6. The minimum Gasteiger partial charge on any atom is -0.484 e. The minimum absolute atomic E-state index is 0.147. The summed E-state index contributed by atoms with van der Waals surface area (Å²) < 4.78 is 32.1. The molecular formula is C19H22N2O4S. The summed E-state index contributed by atoms with van der Waals surface area (Å²) in [6.07, 6.45) is 1.76. The van der Waals surface area contributed by atoms with Gasteiger partial charge in [-0.15, -0.1) is 0 Å². The van der Waals surface area contributed by atoms with Gasteiger partial charge in [-0.1, -0.05) is 23.8 Å². The first-order valence-electron chi connectivity index (χ1n) is 8.55. The van der Waals surface area contributed by atoms with E-state index in [1.165, 1.54) is 10.4 Å². The Kier molecular flexibility index (Phi) is 5.58. The summed E-state index contributed by atoms with van der Waals surface area (Å²) in [5, 5.41) is 2.68. The standard InChI is InChI=1S/C19H22N2O4S/c1-15-7-9-17(10-8-15)25-14-19(22)20-16-5-4-6-18(13-16)26(23,24)21-11-2-3-12-21/h4-10,13H,2-3,11-12,14H2,1H3,(H,20,22). The van der Waals surface area contributed by atoms with Crippen molar-refractivity contribution in [2.75, 3.05) is 25.0 Å². The lowest BCUT2D eigenvalue weighted by atomic mass is 10.2. The van der Waals surface area contributed by atoms with E-state index in [4.69, 9.17) is 4.74 Å². The predicted molar refractivity (Wildman–Crippen MR) is 99.7 cm³/mol. The lowest BCUT2D eigenvalue weighted by molar-refractivity contribution is -0.118. The maximum Gasteiger partial charge on any atom is 0.262 e. The number of anilines is 1. The molecule has 1 aliphatic heterocycles. The Morgan fingerprint density at radius 2 is 1.81 bits per heavy atom. The summed E-state index contributed by atoms with van der Waals surface area (Å²) in [5.74, 6) is 0.261. The monoisotopic (exact) mass is 374 g/mol. The summed E-state index contributed by atoms with van der Waals surface area (Å²) in [5.41, 5.74) is 1.54. The highest BCUT2D eigenvalue weighted by atomic mass is 32.2. The van der Waals surface area contributed by atoms with Crippen molar-refractivity contribution in [2.24, 2.45) is 0 Å². The number of aryl methyl sites for hydroxylation is 1. The number of benzene rings is 2. The zero-order valence-corrected chi connectivity index (χ0v) is 15.5. The number of hydrogen-bond donors (Lipinski definition) is 1. The van der Waals surface area contributed by atoms with Crippen molar-refractivity contribution in [1.29, 1.82) is 0 Å². The molecule has 6 nitrogen and oxygen atoms in total. The Labute approximate surface area is 153 Å². The number of nitrogens with one attached hydrogen (secondary N) is 1. The van der Waals surface area contributed by atoms with Crippen LogP contribution in [0.2, 0.25) is 0 Å². The Morgan fingerprint density at radius 3 is 2.50 bits per heavy atom. The van der Waals surface area contributed by atoms with Gasteiger partial charge in [-0.05, 0) is 50.1 Å². The van der Waals surface area contributed by atoms with E-state index in [1.807, 2.05) is 19.1 Å². The van der Waals surface area contributed by atoms with Gasteiger partial charge in [-0.25, -0.2) is 8.42 Å². The number of rotatable bonds is 6. The third-order valence-corrected chi connectivity index (χ3v) is 6.11. The summed E-state index contributed by atoms with van der Waals surface area (Å²) in [7, 11) is -3.51. The van der Waals surface area contributed by atoms with E-state index in [-0.39, 0.29) is 17.4 Å². The van der Waals surface area contributed by atoms with E-state index < -0.39 is 10.0 Å². The molecule has 0 saturated carbocycles. The summed E-state index contributed by atoms with van der Waals surface area (Å²) in [4.78, 5) is 12.3. The van der Waals surface area contributed by atoms with Crippen LogP contribution in [0.3, 0.4) is 0 Å². The molecule has 0 aromatic heterocycles. The lowest BCUT2D eigenvalue weighted by Gasteiger charge is -2.16. The zero-order chi connectivity index (χ0) is 18.6. The summed E-state index contributed by atoms with van der Waals surface area (Å²) in [6, 6.07) is 13.7. The molecule has 1 saturated heterocycles. The molecule has 2 aromatic carbocycles. The maximum absolute atomic E-state index is 12.6. The van der Waals surface area contributed by atoms with Crippen LogP contribution in [0.1, 0.15) is 18.4 Å². The average Bonchev–Trinajstić information content (AvgIpc) is 3.17. The molecule has 0 aliphatic carbocycles. The molecule has 0 unspecified atom stereocenters. The van der Waals surface area contributed by atoms with Crippen LogP contribution in [-0.2, 0) is 14.8 Å². The van der Waals surface area contributed by atoms with Crippen molar-refractivity contribution < 1.29 is 17.9 Å². The highest BCUT2D eigenvalue weighted by Gasteiger charge is 2.27. The number of amides is 1. The first kappa shape index (κ1) is 18.4. The van der Waals surface area contributed by atoms with E-state index in [9.17, 15) is 13.2 Å². The molecule has 3 rings (SSSR count). The molecule has 0 bridgehead atoms. The number of carbonyl (C=O) groups is 1. The quantitative estimate of drug-likeness (QED) is 0.844. The van der Waals surface area contributed by atoms with Crippen molar-refractivity contribution in [3.8, 4) is 5.75 Å². The van der Waals surface area contributed by atoms with Gasteiger partial charge in [0.25, 0.3) is 5.91 Å². The number of ether oxygens (including phenoxy) is 1. The van der Waals surface area contributed by atoms with Gasteiger partial charge in [-0.2, -0.15) is 4.31 Å². The lowest BCUT2D eigenvalue weighted by Crippen LogP contribution is -2.28. The van der Waals surface area contributed by atoms with Crippen LogP contribution in [0.4, 0.5) is 5.69 Å². The molecule has 7 heteroatoms. The van der Waals surface area contributed by atoms with Gasteiger partial charge in [0.1, 0.15) is 5.75 Å². The number of sulfonamides is 1. The molecule has 1 amide bonds. The maximum atomic E-state index is 12.6. The first-order valence-corrected chi connectivity index (χ1v) is 9.99. The fourth-order valence-electron chi connectivity index (χ4n) is 2.79. The molecule has 0 atom stereocenters.